The van der Waals surface area contributed by atoms with Gasteiger partial charge in [-0.15, -0.1) is 10.2 Å². The van der Waals surface area contributed by atoms with Gasteiger partial charge in [-0.2, -0.15) is 0 Å². The first kappa shape index (κ1) is 18.1. The van der Waals surface area contributed by atoms with E-state index in [1.165, 1.54) is 16.9 Å². The molecule has 0 saturated carbocycles. The quantitative estimate of drug-likeness (QED) is 0.552. The third-order valence-electron chi connectivity index (χ3n) is 4.40. The Balaban J connectivity index is 1.44. The minimum absolute atomic E-state index is 0.197. The number of aryl methyl sites for hydroxylation is 2. The normalized spacial score (nSPS) is 10.8. The Morgan fingerprint density at radius 2 is 1.93 bits per heavy atom. The van der Waals surface area contributed by atoms with Crippen LogP contribution in [0.4, 0.5) is 5.13 Å². The molecule has 140 valence electrons. The lowest BCUT2D eigenvalue weighted by atomic mass is 10.1. The molecule has 0 atom stereocenters. The fourth-order valence-electron chi connectivity index (χ4n) is 2.96. The van der Waals surface area contributed by atoms with Crippen LogP contribution in [-0.4, -0.2) is 25.7 Å². The summed E-state index contributed by atoms with van der Waals surface area (Å²) in [6.07, 6.45) is 5.42. The highest BCUT2D eigenvalue weighted by molar-refractivity contribution is 7.18. The molecule has 0 aliphatic heterocycles. The molecule has 7 heteroatoms. The van der Waals surface area contributed by atoms with Crippen molar-refractivity contribution in [2.45, 2.75) is 20.4 Å². The van der Waals surface area contributed by atoms with Crippen LogP contribution in [0.2, 0.25) is 0 Å². The monoisotopic (exact) mass is 389 g/mol. The summed E-state index contributed by atoms with van der Waals surface area (Å²) in [5, 5.41) is 12.5. The van der Waals surface area contributed by atoms with Crippen molar-refractivity contribution in [3.05, 3.63) is 83.4 Å². The number of imidazole rings is 1. The molecule has 2 heterocycles. The van der Waals surface area contributed by atoms with Crippen LogP contribution in [0.1, 0.15) is 27.0 Å². The van der Waals surface area contributed by atoms with E-state index >= 15 is 0 Å². The second-order valence-corrected chi connectivity index (χ2v) is 7.59. The second-order valence-electron chi connectivity index (χ2n) is 6.62. The molecule has 6 nitrogen and oxygen atoms in total. The van der Waals surface area contributed by atoms with Crippen LogP contribution in [0, 0.1) is 13.8 Å². The molecule has 0 unspecified atom stereocenters. The summed E-state index contributed by atoms with van der Waals surface area (Å²) in [6, 6.07) is 13.7. The Kier molecular flexibility index (Phi) is 4.99. The zero-order valence-corrected chi connectivity index (χ0v) is 16.4. The Hall–Kier alpha value is -3.32. The Bertz CT molecular complexity index is 1100. The number of nitrogens with one attached hydrogen (secondary N) is 1. The van der Waals surface area contributed by atoms with Crippen molar-refractivity contribution in [2.75, 3.05) is 5.32 Å². The molecule has 2 aromatic heterocycles. The number of carbonyl (C=O) groups excluding carboxylic acids is 1. The van der Waals surface area contributed by atoms with Gasteiger partial charge in [0.15, 0.2) is 0 Å². The van der Waals surface area contributed by atoms with Crippen molar-refractivity contribution in [2.24, 2.45) is 0 Å². The predicted molar refractivity (Wildman–Crippen MR) is 111 cm³/mol. The van der Waals surface area contributed by atoms with Crippen molar-refractivity contribution < 1.29 is 4.79 Å². The molecule has 0 bridgehead atoms. The fraction of sp³-hybridized carbons (Fsp3) is 0.143. The average Bonchev–Trinajstić information content (AvgIpc) is 3.34. The number of benzene rings is 2. The summed E-state index contributed by atoms with van der Waals surface area (Å²) < 4.78 is 1.98. The topological polar surface area (TPSA) is 72.7 Å². The summed E-state index contributed by atoms with van der Waals surface area (Å²) in [5.74, 6) is -0.197. The van der Waals surface area contributed by atoms with Gasteiger partial charge in [-0.3, -0.25) is 10.1 Å². The lowest BCUT2D eigenvalue weighted by Gasteiger charge is -2.05. The zero-order chi connectivity index (χ0) is 19.5. The van der Waals surface area contributed by atoms with E-state index in [9.17, 15) is 4.79 Å². The van der Waals surface area contributed by atoms with Crippen molar-refractivity contribution in [1.29, 1.82) is 0 Å². The van der Waals surface area contributed by atoms with Gasteiger partial charge in [0.1, 0.15) is 5.01 Å². The minimum atomic E-state index is -0.197. The molecular weight excluding hydrogens is 370 g/mol. The van der Waals surface area contributed by atoms with E-state index in [0.717, 1.165) is 28.2 Å². The first-order chi connectivity index (χ1) is 13.6. The molecule has 0 aliphatic carbocycles. The molecule has 1 N–H and O–H groups in total. The molecule has 28 heavy (non-hydrogen) atoms. The molecule has 0 radical (unpaired) electrons. The Labute approximate surface area is 166 Å². The largest absolute Gasteiger partial charge is 0.333 e. The van der Waals surface area contributed by atoms with Crippen LogP contribution in [0.3, 0.4) is 0 Å². The number of hydrogen-bond acceptors (Lipinski definition) is 5. The van der Waals surface area contributed by atoms with E-state index < -0.39 is 0 Å². The van der Waals surface area contributed by atoms with Crippen LogP contribution in [-0.2, 0) is 6.54 Å². The van der Waals surface area contributed by atoms with Crippen molar-refractivity contribution in [3.8, 4) is 10.6 Å². The highest BCUT2D eigenvalue weighted by Gasteiger charge is 2.13. The minimum Gasteiger partial charge on any atom is -0.333 e. The molecule has 0 spiro atoms. The van der Waals surface area contributed by atoms with Crippen molar-refractivity contribution in [3.63, 3.8) is 0 Å². The number of nitrogens with zero attached hydrogens (tertiary/aromatic N) is 4. The van der Waals surface area contributed by atoms with E-state index in [-0.39, 0.29) is 5.91 Å². The first-order valence-electron chi connectivity index (χ1n) is 8.85. The molecule has 1 amide bonds. The number of anilines is 1. The molecular formula is C21H19N5OS. The summed E-state index contributed by atoms with van der Waals surface area (Å²) in [5.41, 5.74) is 5.06. The maximum Gasteiger partial charge on any atom is 0.257 e. The van der Waals surface area contributed by atoms with Gasteiger partial charge in [-0.25, -0.2) is 4.98 Å². The van der Waals surface area contributed by atoms with E-state index in [4.69, 9.17) is 0 Å². The Morgan fingerprint density at radius 1 is 1.11 bits per heavy atom. The molecule has 4 rings (SSSR count). The van der Waals surface area contributed by atoms with Crippen LogP contribution in [0.25, 0.3) is 10.6 Å². The van der Waals surface area contributed by atoms with E-state index in [1.807, 2.05) is 54.1 Å². The first-order valence-corrected chi connectivity index (χ1v) is 9.67. The zero-order valence-electron chi connectivity index (χ0n) is 15.6. The van der Waals surface area contributed by atoms with Gasteiger partial charge in [-0.1, -0.05) is 47.2 Å². The van der Waals surface area contributed by atoms with Crippen molar-refractivity contribution in [1.82, 2.24) is 19.7 Å². The highest BCUT2D eigenvalue weighted by Crippen LogP contribution is 2.29. The van der Waals surface area contributed by atoms with Crippen molar-refractivity contribution >= 4 is 22.4 Å². The van der Waals surface area contributed by atoms with Gasteiger partial charge in [0, 0.05) is 30.1 Å². The third-order valence-corrected chi connectivity index (χ3v) is 5.27. The van der Waals surface area contributed by atoms with Crippen LogP contribution < -0.4 is 5.32 Å². The highest BCUT2D eigenvalue weighted by atomic mass is 32.1. The number of hydrogen-bond donors (Lipinski definition) is 1. The summed E-state index contributed by atoms with van der Waals surface area (Å²) in [7, 11) is 0. The lowest BCUT2D eigenvalue weighted by molar-refractivity contribution is 0.102. The lowest BCUT2D eigenvalue weighted by Crippen LogP contribution is -2.11. The van der Waals surface area contributed by atoms with E-state index in [1.54, 1.807) is 12.5 Å². The summed E-state index contributed by atoms with van der Waals surface area (Å²) >= 11 is 1.37. The predicted octanol–water partition coefficient (Wildman–Crippen LogP) is 4.32. The number of aromatic nitrogens is 4. The standard InChI is InChI=1S/C21H19N5OS/c1-14-3-8-18(15(2)11-14)20-24-25-21(28-20)23-19(27)17-6-4-16(5-7-17)12-26-10-9-22-13-26/h3-11,13H,12H2,1-2H3,(H,23,25,27). The number of amides is 1. The number of carbonyl (C=O) groups is 1. The van der Waals surface area contributed by atoms with Gasteiger partial charge < -0.3 is 4.57 Å². The van der Waals surface area contributed by atoms with Gasteiger partial charge in [-0.05, 0) is 37.1 Å². The smallest absolute Gasteiger partial charge is 0.257 e. The molecule has 0 aliphatic rings. The molecule has 0 fully saturated rings. The SMILES string of the molecule is Cc1ccc(-c2nnc(NC(=O)c3ccc(Cn4ccnc4)cc3)s2)c(C)c1. The van der Waals surface area contributed by atoms with E-state index in [0.29, 0.717) is 10.7 Å². The molecule has 2 aromatic carbocycles. The van der Waals surface area contributed by atoms with Gasteiger partial charge in [0.05, 0.1) is 6.33 Å². The van der Waals surface area contributed by atoms with Crippen LogP contribution in [0.5, 0.6) is 0 Å². The van der Waals surface area contributed by atoms with E-state index in [2.05, 4.69) is 33.5 Å². The number of rotatable bonds is 5. The average molecular weight is 389 g/mol. The van der Waals surface area contributed by atoms with Crippen LogP contribution in [0.15, 0.2) is 61.2 Å². The molecule has 4 aromatic rings. The fourth-order valence-corrected chi connectivity index (χ4v) is 3.79. The maximum absolute atomic E-state index is 12.5. The summed E-state index contributed by atoms with van der Waals surface area (Å²) in [4.78, 5) is 16.5. The maximum atomic E-state index is 12.5. The molecule has 0 saturated heterocycles. The van der Waals surface area contributed by atoms with Crippen LogP contribution >= 0.6 is 11.3 Å². The van der Waals surface area contributed by atoms with Gasteiger partial charge in [0.25, 0.3) is 5.91 Å². The van der Waals surface area contributed by atoms with Gasteiger partial charge in [0.2, 0.25) is 5.13 Å². The summed E-state index contributed by atoms with van der Waals surface area (Å²) in [6.45, 7) is 4.83. The third kappa shape index (κ3) is 3.99. The van der Waals surface area contributed by atoms with Gasteiger partial charge >= 0.3 is 0 Å². The Morgan fingerprint density at radius 3 is 2.64 bits per heavy atom. The second kappa shape index (κ2) is 7.74.